The minimum absolute atomic E-state index is 0.107. The molecule has 3 aromatic carbocycles. The molecule has 0 fully saturated rings. The molecule has 1 nitrogen and oxygen atoms in total. The molecule has 0 amide bonds. The third kappa shape index (κ3) is 8.93. The van der Waals surface area contributed by atoms with Crippen molar-refractivity contribution in [3.05, 3.63) is 84.9 Å². The van der Waals surface area contributed by atoms with Gasteiger partial charge >= 0.3 is 36.4 Å². The summed E-state index contributed by atoms with van der Waals surface area (Å²) in [5.41, 5.74) is 0. The summed E-state index contributed by atoms with van der Waals surface area (Å²) in [6.45, 7) is 0. The van der Waals surface area contributed by atoms with E-state index < -0.39 is 19.5 Å². The van der Waals surface area contributed by atoms with Crippen molar-refractivity contribution in [2.75, 3.05) is 7.11 Å². The van der Waals surface area contributed by atoms with Crippen LogP contribution in [0.4, 0.5) is 16.9 Å². The average Bonchev–Trinajstić information content (AvgIpc) is 2.61. The van der Waals surface area contributed by atoms with Gasteiger partial charge in [0.1, 0.15) is 5.75 Å². The summed E-state index contributed by atoms with van der Waals surface area (Å²) in [5, 5.41) is 0. The molecule has 0 aliphatic carbocycles. The zero-order valence-electron chi connectivity index (χ0n) is 14.6. The monoisotopic (exact) mass is 528 g/mol. The molecule has 0 atom stereocenters. The van der Waals surface area contributed by atoms with Crippen molar-refractivity contribution < 1.29 is 21.6 Å². The van der Waals surface area contributed by atoms with Gasteiger partial charge in [-0.25, -0.2) is 0 Å². The standard InChI is InChI=1S/C19H17OS.6FH.Sb/c1-20-16-9-8-14-19(15-16)21(17-10-4-2-5-11-17)18-12-6-3-7-13-18;;;;;;;/h2-15H,1H3;6*1H;/q+1;;;;;;;+5/p-6. The van der Waals surface area contributed by atoms with Crippen LogP contribution in [0.5, 0.6) is 5.75 Å². The first-order valence-electron chi connectivity index (χ1n) is 7.88. The Labute approximate surface area is 164 Å². The van der Waals surface area contributed by atoms with E-state index in [2.05, 4.69) is 78.9 Å². The van der Waals surface area contributed by atoms with E-state index in [4.69, 9.17) is 4.74 Å². The number of hydrogen-bond acceptors (Lipinski definition) is 1. The van der Waals surface area contributed by atoms with Crippen LogP contribution >= 0.6 is 0 Å². The van der Waals surface area contributed by atoms with Crippen LogP contribution in [0, 0.1) is 0 Å². The number of rotatable bonds is 4. The molecule has 0 heterocycles. The van der Waals surface area contributed by atoms with Gasteiger partial charge in [-0.1, -0.05) is 42.5 Å². The second-order valence-electron chi connectivity index (χ2n) is 5.57. The molecule has 28 heavy (non-hydrogen) atoms. The Morgan fingerprint density at radius 1 is 0.607 bits per heavy atom. The van der Waals surface area contributed by atoms with Crippen LogP contribution in [0.25, 0.3) is 0 Å². The van der Waals surface area contributed by atoms with Gasteiger partial charge in [-0.3, -0.25) is 0 Å². The summed E-state index contributed by atoms with van der Waals surface area (Å²) in [4.78, 5) is 3.90. The fraction of sp³-hybridized carbons (Fsp3) is 0.0526. The normalized spacial score (nSPS) is 13.7. The Balaban J connectivity index is 0.000000345. The summed E-state index contributed by atoms with van der Waals surface area (Å²) in [6, 6.07) is 29.6. The summed E-state index contributed by atoms with van der Waals surface area (Å²) in [6.07, 6.45) is 0. The quantitative estimate of drug-likeness (QED) is 0.203. The second-order valence-corrected chi connectivity index (χ2v) is 13.1. The summed E-state index contributed by atoms with van der Waals surface area (Å²) in [5.74, 6) is 0.900. The van der Waals surface area contributed by atoms with Crippen LogP contribution in [-0.2, 0) is 10.9 Å². The predicted molar refractivity (Wildman–Crippen MR) is 100 cm³/mol. The topological polar surface area (TPSA) is 9.23 Å². The molecule has 0 bridgehead atoms. The van der Waals surface area contributed by atoms with Gasteiger partial charge in [0.2, 0.25) is 0 Å². The van der Waals surface area contributed by atoms with Crippen molar-refractivity contribution in [3.8, 4) is 5.75 Å². The molecule has 3 rings (SSSR count). The van der Waals surface area contributed by atoms with Crippen molar-refractivity contribution in [2.45, 2.75) is 14.7 Å². The van der Waals surface area contributed by atoms with Gasteiger partial charge < -0.3 is 4.74 Å². The fourth-order valence-electron chi connectivity index (χ4n) is 2.25. The van der Waals surface area contributed by atoms with E-state index in [1.165, 1.54) is 14.7 Å². The molecule has 152 valence electrons. The SMILES string of the molecule is COc1cccc([S+](c2ccccc2)c2ccccc2)c1.[F][Sb-]([F])([F])([F])([F])[F]. The number of halogens is 6. The van der Waals surface area contributed by atoms with Gasteiger partial charge in [-0.05, 0) is 36.4 Å². The molecule has 0 saturated heterocycles. The average molecular weight is 529 g/mol. The second kappa shape index (κ2) is 7.91. The molecular formula is C19H17F6OSSb. The molecular weight excluding hydrogens is 512 g/mol. The van der Waals surface area contributed by atoms with Crippen LogP contribution in [-0.4, -0.2) is 26.6 Å². The van der Waals surface area contributed by atoms with Crippen molar-refractivity contribution >= 4 is 30.4 Å². The van der Waals surface area contributed by atoms with E-state index in [0.717, 1.165) is 5.75 Å². The minimum atomic E-state index is -11.2. The Kier molecular flexibility index (Phi) is 6.36. The van der Waals surface area contributed by atoms with E-state index in [1.807, 2.05) is 6.07 Å². The molecule has 0 aromatic heterocycles. The number of benzene rings is 3. The Hall–Kier alpha value is -1.79. The van der Waals surface area contributed by atoms with Gasteiger partial charge in [-0.2, -0.15) is 0 Å². The van der Waals surface area contributed by atoms with Gasteiger partial charge in [0.05, 0.1) is 18.0 Å². The van der Waals surface area contributed by atoms with Crippen LogP contribution in [0.3, 0.4) is 0 Å². The van der Waals surface area contributed by atoms with Crippen molar-refractivity contribution in [2.24, 2.45) is 0 Å². The maximum absolute atomic E-state index is 11.2. The van der Waals surface area contributed by atoms with Crippen LogP contribution in [0.15, 0.2) is 99.6 Å². The van der Waals surface area contributed by atoms with E-state index in [0.29, 0.717) is 0 Å². The molecule has 0 N–H and O–H groups in total. The molecule has 0 saturated carbocycles. The Morgan fingerprint density at radius 3 is 1.39 bits per heavy atom. The Bertz CT molecular complexity index is 851. The van der Waals surface area contributed by atoms with Crippen molar-refractivity contribution in [1.29, 1.82) is 0 Å². The van der Waals surface area contributed by atoms with Crippen LogP contribution in [0.2, 0.25) is 0 Å². The van der Waals surface area contributed by atoms with E-state index >= 15 is 0 Å². The number of ether oxygens (including phenoxy) is 1. The first-order valence-corrected chi connectivity index (χ1v) is 14.9. The van der Waals surface area contributed by atoms with Gasteiger partial charge in [0.15, 0.2) is 14.7 Å². The van der Waals surface area contributed by atoms with Crippen LogP contribution in [0.1, 0.15) is 0 Å². The maximum atomic E-state index is 9.93. The van der Waals surface area contributed by atoms with E-state index in [9.17, 15) is 16.9 Å². The zero-order valence-corrected chi connectivity index (χ0v) is 18.0. The molecule has 9 heteroatoms. The molecule has 0 aliphatic heterocycles. The predicted octanol–water partition coefficient (Wildman–Crippen LogP) is 6.93. The zero-order chi connectivity index (χ0) is 20.9. The fourth-order valence-corrected chi connectivity index (χ4v) is 4.37. The van der Waals surface area contributed by atoms with Crippen molar-refractivity contribution in [3.63, 3.8) is 0 Å². The summed E-state index contributed by atoms with van der Waals surface area (Å²) in [7, 11) is 1.60. The third-order valence-corrected chi connectivity index (χ3v) is 5.45. The van der Waals surface area contributed by atoms with Gasteiger partial charge in [-0.15, -0.1) is 0 Å². The van der Waals surface area contributed by atoms with Crippen molar-refractivity contribution in [1.82, 2.24) is 0 Å². The number of methoxy groups -OCH3 is 1. The number of hydrogen-bond donors (Lipinski definition) is 0. The van der Waals surface area contributed by atoms with E-state index in [-0.39, 0.29) is 10.9 Å². The first kappa shape index (κ1) is 22.5. The summed E-state index contributed by atoms with van der Waals surface area (Å²) >= 11 is -11.2. The Morgan fingerprint density at radius 2 is 1.00 bits per heavy atom. The summed E-state index contributed by atoms with van der Waals surface area (Å²) < 4.78 is 64.9. The molecule has 0 radical (unpaired) electrons. The molecule has 0 spiro atoms. The molecule has 3 aromatic rings. The third-order valence-electron chi connectivity index (χ3n) is 3.23. The molecule has 0 aliphatic rings. The first-order chi connectivity index (χ1) is 12.8. The van der Waals surface area contributed by atoms with Crippen LogP contribution < -0.4 is 4.74 Å². The molecule has 0 unspecified atom stereocenters. The van der Waals surface area contributed by atoms with Gasteiger partial charge in [0.25, 0.3) is 0 Å². The van der Waals surface area contributed by atoms with E-state index in [1.54, 1.807) is 7.11 Å². The van der Waals surface area contributed by atoms with Gasteiger partial charge in [0, 0.05) is 6.07 Å².